The molecule has 0 radical (unpaired) electrons. The number of amides is 1. The quantitative estimate of drug-likeness (QED) is 0.373. The second-order valence-corrected chi connectivity index (χ2v) is 4.80. The van der Waals surface area contributed by atoms with Gasteiger partial charge in [-0.1, -0.05) is 23.3 Å². The minimum absolute atomic E-state index is 0.320. The molecule has 0 saturated carbocycles. The first-order valence-electron chi connectivity index (χ1n) is 6.81. The molecule has 0 atom stereocenters. The highest BCUT2D eigenvalue weighted by Gasteiger charge is 2.09. The van der Waals surface area contributed by atoms with E-state index in [1.54, 1.807) is 24.3 Å². The number of halogens is 1. The maximum Gasteiger partial charge on any atom is 0.248 e. The van der Waals surface area contributed by atoms with Crippen molar-refractivity contribution in [2.24, 2.45) is 10.8 Å². The average Bonchev–Trinajstić information content (AvgIpc) is 2.52. The van der Waals surface area contributed by atoms with Crippen molar-refractivity contribution in [3.8, 4) is 11.1 Å². The van der Waals surface area contributed by atoms with Crippen LogP contribution in [-0.2, 0) is 6.42 Å². The fourth-order valence-electron chi connectivity index (χ4n) is 2.23. The number of hydrogen-bond donors (Lipinski definition) is 1. The van der Waals surface area contributed by atoms with Gasteiger partial charge in [0.1, 0.15) is 5.82 Å². The molecule has 112 valence electrons. The Bertz CT molecular complexity index is 721. The summed E-state index contributed by atoms with van der Waals surface area (Å²) < 4.78 is 13.1. The molecule has 2 rings (SSSR count). The fourth-order valence-corrected chi connectivity index (χ4v) is 2.23. The molecule has 0 heterocycles. The molecule has 22 heavy (non-hydrogen) atoms. The van der Waals surface area contributed by atoms with Crippen LogP contribution in [0.25, 0.3) is 21.6 Å². The molecule has 2 aromatic carbocycles. The Labute approximate surface area is 127 Å². The standard InChI is InChI=1S/C16H15FN4O/c17-14-7-5-12(6-8-14)15-10-13(16(18)22)4-3-11(15)2-1-9-20-21-19/h3-8,10H,1-2,9H2,(H2,18,22). The topological polar surface area (TPSA) is 91.8 Å². The third-order valence-electron chi connectivity index (χ3n) is 3.32. The van der Waals surface area contributed by atoms with Crippen LogP contribution >= 0.6 is 0 Å². The lowest BCUT2D eigenvalue weighted by Crippen LogP contribution is -2.11. The van der Waals surface area contributed by atoms with Crippen LogP contribution in [0.15, 0.2) is 47.6 Å². The number of carbonyl (C=O) groups excluding carboxylic acids is 1. The summed E-state index contributed by atoms with van der Waals surface area (Å²) in [5.41, 5.74) is 16.6. The number of rotatable bonds is 6. The summed E-state index contributed by atoms with van der Waals surface area (Å²) in [6.07, 6.45) is 1.37. The van der Waals surface area contributed by atoms with Crippen LogP contribution in [0.4, 0.5) is 4.39 Å². The largest absolute Gasteiger partial charge is 0.366 e. The highest BCUT2D eigenvalue weighted by atomic mass is 19.1. The second-order valence-electron chi connectivity index (χ2n) is 4.80. The van der Waals surface area contributed by atoms with Crippen molar-refractivity contribution in [2.45, 2.75) is 12.8 Å². The smallest absolute Gasteiger partial charge is 0.248 e. The van der Waals surface area contributed by atoms with Gasteiger partial charge in [0.15, 0.2) is 0 Å². The van der Waals surface area contributed by atoms with E-state index in [-0.39, 0.29) is 5.82 Å². The summed E-state index contributed by atoms with van der Waals surface area (Å²) >= 11 is 0. The van der Waals surface area contributed by atoms with E-state index in [9.17, 15) is 9.18 Å². The molecule has 6 heteroatoms. The van der Waals surface area contributed by atoms with Gasteiger partial charge >= 0.3 is 0 Å². The van der Waals surface area contributed by atoms with Crippen molar-refractivity contribution >= 4 is 5.91 Å². The van der Waals surface area contributed by atoms with Gasteiger partial charge in [-0.15, -0.1) is 0 Å². The van der Waals surface area contributed by atoms with Crippen molar-refractivity contribution in [3.05, 3.63) is 69.9 Å². The van der Waals surface area contributed by atoms with E-state index in [1.165, 1.54) is 12.1 Å². The predicted octanol–water partition coefficient (Wildman–Crippen LogP) is 3.83. The number of primary amides is 1. The van der Waals surface area contributed by atoms with Gasteiger partial charge in [-0.3, -0.25) is 4.79 Å². The average molecular weight is 298 g/mol. The Hall–Kier alpha value is -2.85. The number of azide groups is 1. The van der Waals surface area contributed by atoms with Crippen molar-refractivity contribution in [1.82, 2.24) is 0 Å². The number of benzene rings is 2. The number of aryl methyl sites for hydroxylation is 1. The summed E-state index contributed by atoms with van der Waals surface area (Å²) in [6, 6.07) is 11.3. The highest BCUT2D eigenvalue weighted by molar-refractivity contribution is 5.94. The van der Waals surface area contributed by atoms with E-state index in [0.717, 1.165) is 16.7 Å². The molecule has 0 aliphatic carbocycles. The zero-order valence-electron chi connectivity index (χ0n) is 11.9. The first-order chi connectivity index (χ1) is 10.6. The van der Waals surface area contributed by atoms with Crippen LogP contribution in [0.3, 0.4) is 0 Å². The van der Waals surface area contributed by atoms with Crippen LogP contribution in [0, 0.1) is 5.82 Å². The Morgan fingerprint density at radius 2 is 1.95 bits per heavy atom. The zero-order chi connectivity index (χ0) is 15.9. The minimum Gasteiger partial charge on any atom is -0.366 e. The molecule has 0 bridgehead atoms. The maximum absolute atomic E-state index is 13.1. The van der Waals surface area contributed by atoms with Gasteiger partial charge in [-0.2, -0.15) is 0 Å². The molecule has 5 nitrogen and oxygen atoms in total. The molecule has 0 saturated heterocycles. The van der Waals surface area contributed by atoms with Crippen LogP contribution in [0.2, 0.25) is 0 Å². The molecule has 2 N–H and O–H groups in total. The summed E-state index contributed by atoms with van der Waals surface area (Å²) in [5.74, 6) is -0.830. The Morgan fingerprint density at radius 3 is 2.59 bits per heavy atom. The predicted molar refractivity (Wildman–Crippen MR) is 82.7 cm³/mol. The van der Waals surface area contributed by atoms with E-state index >= 15 is 0 Å². The van der Waals surface area contributed by atoms with E-state index < -0.39 is 5.91 Å². The molecule has 0 aromatic heterocycles. The van der Waals surface area contributed by atoms with E-state index in [1.807, 2.05) is 6.07 Å². The first-order valence-corrected chi connectivity index (χ1v) is 6.81. The van der Waals surface area contributed by atoms with Crippen LogP contribution in [0.1, 0.15) is 22.3 Å². The number of hydrogen-bond acceptors (Lipinski definition) is 2. The van der Waals surface area contributed by atoms with E-state index in [0.29, 0.717) is 24.9 Å². The van der Waals surface area contributed by atoms with Crippen molar-refractivity contribution < 1.29 is 9.18 Å². The molecular weight excluding hydrogens is 283 g/mol. The van der Waals surface area contributed by atoms with Gasteiger partial charge in [-0.05, 0) is 59.3 Å². The Balaban J connectivity index is 2.37. The van der Waals surface area contributed by atoms with E-state index in [2.05, 4.69) is 10.0 Å². The van der Waals surface area contributed by atoms with Gasteiger partial charge < -0.3 is 5.73 Å². The molecule has 0 fully saturated rings. The lowest BCUT2D eigenvalue weighted by molar-refractivity contribution is 0.100. The summed E-state index contributed by atoms with van der Waals surface area (Å²) in [6.45, 7) is 0.400. The molecule has 0 aliphatic rings. The zero-order valence-corrected chi connectivity index (χ0v) is 11.9. The van der Waals surface area contributed by atoms with E-state index in [4.69, 9.17) is 11.3 Å². The highest BCUT2D eigenvalue weighted by Crippen LogP contribution is 2.26. The third kappa shape index (κ3) is 3.84. The van der Waals surface area contributed by atoms with Gasteiger partial charge in [0.05, 0.1) is 0 Å². The maximum atomic E-state index is 13.1. The van der Waals surface area contributed by atoms with Crippen LogP contribution in [-0.4, -0.2) is 12.5 Å². The Morgan fingerprint density at radius 1 is 1.23 bits per heavy atom. The lowest BCUT2D eigenvalue weighted by Gasteiger charge is -2.11. The van der Waals surface area contributed by atoms with Gasteiger partial charge in [-0.25, -0.2) is 4.39 Å². The normalized spacial score (nSPS) is 10.0. The number of nitrogens with zero attached hydrogens (tertiary/aromatic N) is 3. The van der Waals surface area contributed by atoms with Gasteiger partial charge in [0.2, 0.25) is 5.91 Å². The van der Waals surface area contributed by atoms with Crippen molar-refractivity contribution in [3.63, 3.8) is 0 Å². The van der Waals surface area contributed by atoms with Crippen molar-refractivity contribution in [1.29, 1.82) is 0 Å². The monoisotopic (exact) mass is 298 g/mol. The lowest BCUT2D eigenvalue weighted by atomic mass is 9.94. The van der Waals surface area contributed by atoms with Crippen LogP contribution < -0.4 is 5.73 Å². The van der Waals surface area contributed by atoms with Crippen LogP contribution in [0.5, 0.6) is 0 Å². The van der Waals surface area contributed by atoms with Crippen molar-refractivity contribution in [2.75, 3.05) is 6.54 Å². The fraction of sp³-hybridized carbons (Fsp3) is 0.188. The molecule has 0 unspecified atom stereocenters. The van der Waals surface area contributed by atoms with Gasteiger partial charge in [0.25, 0.3) is 0 Å². The third-order valence-corrected chi connectivity index (χ3v) is 3.32. The molecule has 1 amide bonds. The molecule has 0 spiro atoms. The van der Waals surface area contributed by atoms with Gasteiger partial charge in [0, 0.05) is 17.0 Å². The Kier molecular flexibility index (Phi) is 5.11. The molecular formula is C16H15FN4O. The molecule has 0 aliphatic heterocycles. The first kappa shape index (κ1) is 15.5. The summed E-state index contributed by atoms with van der Waals surface area (Å²) in [4.78, 5) is 14.1. The second kappa shape index (κ2) is 7.24. The number of carbonyl (C=O) groups is 1. The summed E-state index contributed by atoms with van der Waals surface area (Å²) in [5, 5.41) is 3.50. The molecule has 2 aromatic rings. The summed E-state index contributed by atoms with van der Waals surface area (Å²) in [7, 11) is 0. The number of nitrogens with two attached hydrogens (primary N) is 1. The minimum atomic E-state index is -0.510. The SMILES string of the molecule is [N-]=[N+]=NCCCc1ccc(C(N)=O)cc1-c1ccc(F)cc1.